The molecule has 0 saturated heterocycles. The van der Waals surface area contributed by atoms with Crippen molar-refractivity contribution in [1.29, 1.82) is 0 Å². The van der Waals surface area contributed by atoms with E-state index in [0.29, 0.717) is 22.2 Å². The minimum Gasteiger partial charge on any atom is -0.345 e. The average Bonchev–Trinajstić information content (AvgIpc) is 3.20. The summed E-state index contributed by atoms with van der Waals surface area (Å²) in [5.41, 5.74) is 0.220. The molecule has 2 N–H and O–H groups in total. The number of nitrogens with one attached hydrogen (secondary N) is 2. The molecule has 0 bridgehead atoms. The zero-order valence-corrected chi connectivity index (χ0v) is 18.6. The van der Waals surface area contributed by atoms with E-state index in [1.54, 1.807) is 19.2 Å². The van der Waals surface area contributed by atoms with Crippen molar-refractivity contribution in [3.8, 4) is 11.1 Å². The maximum atomic E-state index is 15.1. The summed E-state index contributed by atoms with van der Waals surface area (Å²) in [5, 5.41) is 0.451. The first kappa shape index (κ1) is 22.7. The van der Waals surface area contributed by atoms with Gasteiger partial charge in [0.15, 0.2) is 11.6 Å². The number of hydrogen-bond acceptors (Lipinski definition) is 6. The predicted octanol–water partition coefficient (Wildman–Crippen LogP) is 4.33. The summed E-state index contributed by atoms with van der Waals surface area (Å²) < 4.78 is 55.2. The summed E-state index contributed by atoms with van der Waals surface area (Å²) in [6.45, 7) is 1.61. The monoisotopic (exact) mass is 491 g/mol. The number of hydrogen-bond donors (Lipinski definition) is 2. The third-order valence-corrected chi connectivity index (χ3v) is 6.45. The lowest BCUT2D eigenvalue weighted by molar-refractivity contribution is 0.103. The lowest BCUT2D eigenvalue weighted by Gasteiger charge is -2.11. The van der Waals surface area contributed by atoms with Gasteiger partial charge in [-0.15, -0.1) is 0 Å². The maximum absolute atomic E-state index is 15.1. The van der Waals surface area contributed by atoms with Crippen LogP contribution in [0.15, 0.2) is 43.0 Å². The number of carbonyl (C=O) groups is 1. The fourth-order valence-electron chi connectivity index (χ4n) is 3.25. The number of pyridine rings is 1. The Bertz CT molecular complexity index is 1470. The zero-order valence-electron chi connectivity index (χ0n) is 17.1. The van der Waals surface area contributed by atoms with E-state index in [2.05, 4.69) is 19.9 Å². The van der Waals surface area contributed by atoms with Gasteiger partial charge >= 0.3 is 0 Å². The van der Waals surface area contributed by atoms with Crippen LogP contribution in [0.3, 0.4) is 0 Å². The molecule has 0 aliphatic rings. The van der Waals surface area contributed by atoms with Crippen LogP contribution in [0.25, 0.3) is 22.2 Å². The van der Waals surface area contributed by atoms with Gasteiger partial charge in [0.05, 0.1) is 11.3 Å². The Hall–Kier alpha value is -3.44. The largest absolute Gasteiger partial charge is 0.345 e. The van der Waals surface area contributed by atoms with Crippen molar-refractivity contribution in [1.82, 2.24) is 19.9 Å². The van der Waals surface area contributed by atoms with Crippen LogP contribution in [0.5, 0.6) is 0 Å². The highest BCUT2D eigenvalue weighted by Gasteiger charge is 2.25. The zero-order chi connectivity index (χ0) is 23.8. The number of fused-ring (bicyclic) bond motifs is 1. The number of anilines is 1. The molecule has 3 heterocycles. The van der Waals surface area contributed by atoms with Crippen molar-refractivity contribution in [3.05, 3.63) is 71.0 Å². The van der Waals surface area contributed by atoms with E-state index < -0.39 is 38.7 Å². The Labute approximate surface area is 192 Å². The fraction of sp³-hybridized carbons (Fsp3) is 0.143. The van der Waals surface area contributed by atoms with E-state index in [1.807, 2.05) is 4.72 Å². The molecule has 1 aromatic carbocycles. The molecule has 8 nitrogen and oxygen atoms in total. The first-order chi connectivity index (χ1) is 15.7. The van der Waals surface area contributed by atoms with Gasteiger partial charge in [-0.25, -0.2) is 32.2 Å². The molecular formula is C21H16ClF2N5O3S. The number of carbonyl (C=O) groups excluding carboxylic acids is 1. The summed E-state index contributed by atoms with van der Waals surface area (Å²) in [5.74, 6) is -3.53. The van der Waals surface area contributed by atoms with Crippen LogP contribution in [0.1, 0.15) is 29.3 Å². The standard InChI is InChI=1S/C21H16ClF2N5O3S/c1-2-5-33(31,32)29-18-16(23)4-3-13(17(18)24)19(30)15-10-26-20-14(15)6-11(7-25-20)12-8-27-21(22)28-9-12/h3-4,6-10,29H,2,5H2,1H3,(H,25,26). The molecule has 0 amide bonds. The highest BCUT2D eigenvalue weighted by atomic mass is 35.5. The summed E-state index contributed by atoms with van der Waals surface area (Å²) in [6.07, 6.45) is 6.12. The van der Waals surface area contributed by atoms with E-state index in [9.17, 15) is 17.6 Å². The van der Waals surface area contributed by atoms with E-state index in [1.165, 1.54) is 18.6 Å². The molecule has 0 aliphatic carbocycles. The van der Waals surface area contributed by atoms with Gasteiger partial charge in [0.2, 0.25) is 15.3 Å². The quantitative estimate of drug-likeness (QED) is 0.293. The van der Waals surface area contributed by atoms with Crippen molar-refractivity contribution in [2.75, 3.05) is 10.5 Å². The number of nitrogens with zero attached hydrogens (tertiary/aromatic N) is 3. The van der Waals surface area contributed by atoms with Crippen molar-refractivity contribution in [2.45, 2.75) is 13.3 Å². The second-order valence-electron chi connectivity index (χ2n) is 7.10. The molecule has 0 unspecified atom stereocenters. The highest BCUT2D eigenvalue weighted by molar-refractivity contribution is 7.92. The number of H-pyrrole nitrogens is 1. The summed E-state index contributed by atoms with van der Waals surface area (Å²) in [6, 6.07) is 3.45. The molecule has 12 heteroatoms. The second kappa shape index (κ2) is 8.83. The van der Waals surface area contributed by atoms with Crippen LogP contribution in [0.4, 0.5) is 14.5 Å². The molecule has 4 rings (SSSR count). The van der Waals surface area contributed by atoms with Gasteiger partial charge in [0, 0.05) is 46.9 Å². The van der Waals surface area contributed by atoms with Crippen LogP contribution in [-0.4, -0.2) is 39.9 Å². The SMILES string of the molecule is CCCS(=O)(=O)Nc1c(F)ccc(C(=O)c2c[nH]c3ncc(-c4cnc(Cl)nc4)cc23)c1F. The minimum absolute atomic E-state index is 0.0714. The molecule has 4 aromatic rings. The number of sulfonamides is 1. The number of aromatic nitrogens is 4. The first-order valence-corrected chi connectivity index (χ1v) is 11.7. The number of rotatable bonds is 7. The third kappa shape index (κ3) is 4.55. The lowest BCUT2D eigenvalue weighted by Crippen LogP contribution is -2.19. The smallest absolute Gasteiger partial charge is 0.232 e. The molecule has 0 radical (unpaired) electrons. The van der Waals surface area contributed by atoms with E-state index in [4.69, 9.17) is 11.6 Å². The van der Waals surface area contributed by atoms with Crippen molar-refractivity contribution in [3.63, 3.8) is 0 Å². The normalized spacial score (nSPS) is 11.6. The van der Waals surface area contributed by atoms with E-state index in [-0.39, 0.29) is 23.0 Å². The van der Waals surface area contributed by atoms with Gasteiger partial charge in [-0.2, -0.15) is 0 Å². The van der Waals surface area contributed by atoms with Crippen LogP contribution in [0.2, 0.25) is 5.28 Å². The molecular weight excluding hydrogens is 476 g/mol. The molecule has 0 fully saturated rings. The Morgan fingerprint density at radius 2 is 1.79 bits per heavy atom. The van der Waals surface area contributed by atoms with Crippen LogP contribution in [0, 0.1) is 11.6 Å². The molecule has 33 heavy (non-hydrogen) atoms. The fourth-order valence-corrected chi connectivity index (χ4v) is 4.49. The molecule has 3 aromatic heterocycles. The number of halogens is 3. The van der Waals surface area contributed by atoms with Gasteiger partial charge in [0.1, 0.15) is 17.2 Å². The topological polar surface area (TPSA) is 118 Å². The van der Waals surface area contributed by atoms with Crippen LogP contribution >= 0.6 is 11.6 Å². The highest BCUT2D eigenvalue weighted by Crippen LogP contribution is 2.29. The molecule has 170 valence electrons. The number of ketones is 1. The molecule has 0 aliphatic heterocycles. The Balaban J connectivity index is 1.77. The predicted molar refractivity (Wildman–Crippen MR) is 120 cm³/mol. The maximum Gasteiger partial charge on any atom is 0.232 e. The van der Waals surface area contributed by atoms with E-state index in [0.717, 1.165) is 12.1 Å². The van der Waals surface area contributed by atoms with Gasteiger partial charge in [-0.1, -0.05) is 6.92 Å². The average molecular weight is 492 g/mol. The van der Waals surface area contributed by atoms with Crippen molar-refractivity contribution >= 4 is 44.1 Å². The Morgan fingerprint density at radius 1 is 1.09 bits per heavy atom. The number of benzene rings is 1. The van der Waals surface area contributed by atoms with Crippen molar-refractivity contribution in [2.24, 2.45) is 0 Å². The van der Waals surface area contributed by atoms with E-state index >= 15 is 4.39 Å². The van der Waals surface area contributed by atoms with Crippen LogP contribution in [-0.2, 0) is 10.0 Å². The summed E-state index contributed by atoms with van der Waals surface area (Å²) >= 11 is 5.72. The minimum atomic E-state index is -3.98. The Kier molecular flexibility index (Phi) is 6.09. The third-order valence-electron chi connectivity index (χ3n) is 4.80. The van der Waals surface area contributed by atoms with Crippen LogP contribution < -0.4 is 4.72 Å². The summed E-state index contributed by atoms with van der Waals surface area (Å²) in [4.78, 5) is 28.1. The first-order valence-electron chi connectivity index (χ1n) is 9.68. The van der Waals surface area contributed by atoms with Gasteiger partial charge in [0.25, 0.3) is 0 Å². The van der Waals surface area contributed by atoms with Crippen molar-refractivity contribution < 1.29 is 22.0 Å². The molecule has 0 spiro atoms. The van der Waals surface area contributed by atoms with Gasteiger partial charge < -0.3 is 4.98 Å². The molecule has 0 saturated carbocycles. The number of aromatic amines is 1. The Morgan fingerprint density at radius 3 is 2.48 bits per heavy atom. The van der Waals surface area contributed by atoms with Gasteiger partial charge in [-0.3, -0.25) is 9.52 Å². The lowest BCUT2D eigenvalue weighted by atomic mass is 10.0. The summed E-state index contributed by atoms with van der Waals surface area (Å²) in [7, 11) is -3.98. The van der Waals surface area contributed by atoms with Gasteiger partial charge in [-0.05, 0) is 36.2 Å². The molecule has 0 atom stereocenters. The second-order valence-corrected chi connectivity index (χ2v) is 9.28.